The SMILES string of the molecule is CCOP(=S)(NC(=O)Oc1ccc(Cl)cc1C)OCC. The van der Waals surface area contributed by atoms with E-state index in [9.17, 15) is 4.79 Å². The van der Waals surface area contributed by atoms with E-state index in [0.29, 0.717) is 24.0 Å². The van der Waals surface area contributed by atoms with Gasteiger partial charge in [-0.05, 0) is 56.3 Å². The predicted octanol–water partition coefficient (Wildman–Crippen LogP) is 4.03. The highest BCUT2D eigenvalue weighted by Crippen LogP contribution is 2.43. The maximum Gasteiger partial charge on any atom is 0.419 e. The Bertz CT molecular complexity index is 516. The Morgan fingerprint density at radius 2 is 1.95 bits per heavy atom. The first-order valence-electron chi connectivity index (χ1n) is 6.05. The Labute approximate surface area is 128 Å². The fourth-order valence-electron chi connectivity index (χ4n) is 1.40. The molecule has 0 aliphatic heterocycles. The van der Waals surface area contributed by atoms with E-state index in [0.717, 1.165) is 5.56 Å². The average molecular weight is 338 g/mol. The van der Waals surface area contributed by atoms with Crippen LogP contribution in [0.5, 0.6) is 5.75 Å². The number of ether oxygens (including phenoxy) is 1. The summed E-state index contributed by atoms with van der Waals surface area (Å²) >= 11 is 11.0. The standard InChI is InChI=1S/C12H17ClNO4PS/c1-4-16-19(20,17-5-2)14-12(15)18-11-7-6-10(13)8-9(11)3/h6-8H,4-5H2,1-3H3,(H,14,15,20). The van der Waals surface area contributed by atoms with Crippen LogP contribution in [0.3, 0.4) is 0 Å². The van der Waals surface area contributed by atoms with Gasteiger partial charge in [0.15, 0.2) is 0 Å². The highest BCUT2D eigenvalue weighted by atomic mass is 35.5. The maximum atomic E-state index is 11.8. The maximum absolute atomic E-state index is 11.8. The van der Waals surface area contributed by atoms with Gasteiger partial charge in [0.25, 0.3) is 6.64 Å². The Balaban J connectivity index is 2.73. The number of benzene rings is 1. The number of nitrogens with one attached hydrogen (secondary N) is 1. The lowest BCUT2D eigenvalue weighted by molar-refractivity contribution is 0.199. The van der Waals surface area contributed by atoms with E-state index in [1.54, 1.807) is 39.0 Å². The molecule has 0 fully saturated rings. The highest BCUT2D eigenvalue weighted by molar-refractivity contribution is 8.09. The van der Waals surface area contributed by atoms with Crippen molar-refractivity contribution in [1.82, 2.24) is 5.09 Å². The van der Waals surface area contributed by atoms with Gasteiger partial charge in [-0.1, -0.05) is 11.6 Å². The largest absolute Gasteiger partial charge is 0.419 e. The smallest absolute Gasteiger partial charge is 0.410 e. The minimum absolute atomic E-state index is 0.345. The Hall–Kier alpha value is -0.650. The molecule has 0 atom stereocenters. The quantitative estimate of drug-likeness (QED) is 0.794. The molecule has 5 nitrogen and oxygen atoms in total. The lowest BCUT2D eigenvalue weighted by Gasteiger charge is -2.21. The van der Waals surface area contributed by atoms with Gasteiger partial charge in [0, 0.05) is 5.02 Å². The van der Waals surface area contributed by atoms with Crippen LogP contribution >= 0.6 is 18.2 Å². The van der Waals surface area contributed by atoms with Gasteiger partial charge < -0.3 is 13.8 Å². The summed E-state index contributed by atoms with van der Waals surface area (Å²) in [5, 5.41) is 3.05. The first kappa shape index (κ1) is 17.4. The highest BCUT2D eigenvalue weighted by Gasteiger charge is 2.22. The zero-order valence-corrected chi connectivity index (χ0v) is 14.0. The second-order valence-electron chi connectivity index (χ2n) is 3.74. The van der Waals surface area contributed by atoms with Gasteiger partial charge in [0.1, 0.15) is 5.75 Å². The van der Waals surface area contributed by atoms with E-state index in [1.165, 1.54) is 0 Å². The van der Waals surface area contributed by atoms with Crippen molar-refractivity contribution in [1.29, 1.82) is 0 Å². The summed E-state index contributed by atoms with van der Waals surface area (Å²) in [5.41, 5.74) is 0.744. The predicted molar refractivity (Wildman–Crippen MR) is 82.9 cm³/mol. The number of hydrogen-bond acceptors (Lipinski definition) is 5. The number of aryl methyl sites for hydroxylation is 1. The summed E-state index contributed by atoms with van der Waals surface area (Å²) in [6.07, 6.45) is -0.708. The number of amides is 1. The Morgan fingerprint density at radius 3 is 2.45 bits per heavy atom. The van der Waals surface area contributed by atoms with Crippen LogP contribution in [0, 0.1) is 6.92 Å². The summed E-state index contributed by atoms with van der Waals surface area (Å²) in [4.78, 5) is 11.8. The molecular weight excluding hydrogens is 321 g/mol. The van der Waals surface area contributed by atoms with E-state index in [1.807, 2.05) is 0 Å². The van der Waals surface area contributed by atoms with Crippen LogP contribution in [0.4, 0.5) is 4.79 Å². The van der Waals surface area contributed by atoms with E-state index in [2.05, 4.69) is 5.09 Å². The van der Waals surface area contributed by atoms with E-state index in [-0.39, 0.29) is 0 Å². The molecule has 0 radical (unpaired) electrons. The van der Waals surface area contributed by atoms with Crippen molar-refractivity contribution >= 4 is 36.1 Å². The zero-order valence-electron chi connectivity index (χ0n) is 11.5. The van der Waals surface area contributed by atoms with Gasteiger partial charge in [-0.2, -0.15) is 0 Å². The minimum atomic E-state index is -2.85. The van der Waals surface area contributed by atoms with Gasteiger partial charge in [-0.25, -0.2) is 4.79 Å². The molecule has 0 saturated heterocycles. The fourth-order valence-corrected chi connectivity index (χ4v) is 3.64. The molecular formula is C12H17ClNO4PS. The minimum Gasteiger partial charge on any atom is -0.410 e. The third-order valence-corrected chi connectivity index (χ3v) is 4.96. The van der Waals surface area contributed by atoms with Gasteiger partial charge in [-0.3, -0.25) is 5.09 Å². The molecule has 0 bridgehead atoms. The molecule has 8 heteroatoms. The summed E-state index contributed by atoms with van der Waals surface area (Å²) in [5.74, 6) is 0.404. The second-order valence-corrected chi connectivity index (χ2v) is 7.36. The van der Waals surface area contributed by atoms with E-state index in [4.69, 9.17) is 37.2 Å². The van der Waals surface area contributed by atoms with Crippen LogP contribution in [0.1, 0.15) is 19.4 Å². The van der Waals surface area contributed by atoms with Crippen LogP contribution in [-0.2, 0) is 20.9 Å². The van der Waals surface area contributed by atoms with Crippen LogP contribution in [0.2, 0.25) is 5.02 Å². The second kappa shape index (κ2) is 7.96. The third kappa shape index (κ3) is 5.38. The van der Waals surface area contributed by atoms with Crippen LogP contribution in [-0.4, -0.2) is 19.3 Å². The summed E-state index contributed by atoms with van der Waals surface area (Å²) in [7, 11) is 0. The molecule has 1 aromatic carbocycles. The Kier molecular flexibility index (Phi) is 6.92. The van der Waals surface area contributed by atoms with Crippen molar-refractivity contribution in [2.45, 2.75) is 20.8 Å². The third-order valence-electron chi connectivity index (χ3n) is 2.17. The summed E-state index contributed by atoms with van der Waals surface area (Å²) in [6.45, 7) is 3.17. The number of hydrogen-bond donors (Lipinski definition) is 1. The Morgan fingerprint density at radius 1 is 1.35 bits per heavy atom. The topological polar surface area (TPSA) is 56.8 Å². The molecule has 0 aliphatic carbocycles. The number of carbonyl (C=O) groups is 1. The molecule has 0 heterocycles. The molecule has 1 amide bonds. The molecule has 1 rings (SSSR count). The van der Waals surface area contributed by atoms with Crippen LogP contribution < -0.4 is 9.82 Å². The van der Waals surface area contributed by atoms with Gasteiger partial charge in [-0.15, -0.1) is 0 Å². The van der Waals surface area contributed by atoms with Crippen LogP contribution in [0.25, 0.3) is 0 Å². The van der Waals surface area contributed by atoms with Gasteiger partial charge in [0.05, 0.1) is 13.2 Å². The van der Waals surface area contributed by atoms with Crippen LogP contribution in [0.15, 0.2) is 18.2 Å². The molecule has 20 heavy (non-hydrogen) atoms. The summed E-state index contributed by atoms with van der Waals surface area (Å²) in [6, 6.07) is 4.95. The number of rotatable bonds is 6. The lowest BCUT2D eigenvalue weighted by atomic mass is 10.2. The first-order valence-corrected chi connectivity index (χ1v) is 9.07. The van der Waals surface area contributed by atoms with Crippen molar-refractivity contribution < 1.29 is 18.6 Å². The molecule has 0 spiro atoms. The van der Waals surface area contributed by atoms with E-state index < -0.39 is 12.7 Å². The zero-order chi connectivity index (χ0) is 15.2. The van der Waals surface area contributed by atoms with Crippen molar-refractivity contribution in [3.63, 3.8) is 0 Å². The van der Waals surface area contributed by atoms with E-state index >= 15 is 0 Å². The molecule has 0 aliphatic rings. The van der Waals surface area contributed by atoms with Crippen molar-refractivity contribution in [2.24, 2.45) is 0 Å². The number of carbonyl (C=O) groups excluding carboxylic acids is 1. The van der Waals surface area contributed by atoms with Gasteiger partial charge >= 0.3 is 6.09 Å². The fraction of sp³-hybridized carbons (Fsp3) is 0.417. The normalized spacial score (nSPS) is 11.2. The lowest BCUT2D eigenvalue weighted by Crippen LogP contribution is -2.26. The monoisotopic (exact) mass is 337 g/mol. The van der Waals surface area contributed by atoms with Crippen molar-refractivity contribution in [3.05, 3.63) is 28.8 Å². The molecule has 0 saturated carbocycles. The van der Waals surface area contributed by atoms with Crippen molar-refractivity contribution in [2.75, 3.05) is 13.2 Å². The summed E-state index contributed by atoms with van der Waals surface area (Å²) < 4.78 is 15.8. The molecule has 1 aromatic rings. The average Bonchev–Trinajstić information content (AvgIpc) is 2.33. The molecule has 0 unspecified atom stereocenters. The molecule has 112 valence electrons. The number of halogens is 1. The first-order chi connectivity index (χ1) is 9.40. The van der Waals surface area contributed by atoms with Gasteiger partial charge in [0.2, 0.25) is 0 Å². The van der Waals surface area contributed by atoms with Crippen molar-refractivity contribution in [3.8, 4) is 5.75 Å². The molecule has 0 aromatic heterocycles. The molecule has 1 N–H and O–H groups in total.